The molecule has 0 aliphatic rings. The highest BCUT2D eigenvalue weighted by Crippen LogP contribution is 2.31. The Balaban J connectivity index is 2.15. The van der Waals surface area contributed by atoms with E-state index >= 15 is 0 Å². The summed E-state index contributed by atoms with van der Waals surface area (Å²) >= 11 is 7.60. The van der Waals surface area contributed by atoms with Gasteiger partial charge >= 0.3 is 5.69 Å². The minimum Gasteiger partial charge on any atom is -0.309 e. The Bertz CT molecular complexity index is 862. The van der Waals surface area contributed by atoms with Crippen molar-refractivity contribution in [1.29, 1.82) is 0 Å². The number of thiophene rings is 1. The topological polar surface area (TPSA) is 39.0 Å². The lowest BCUT2D eigenvalue weighted by atomic mass is 10.0. The zero-order chi connectivity index (χ0) is 15.1. The van der Waals surface area contributed by atoms with E-state index in [1.807, 2.05) is 25.2 Å². The number of nitrogens with zero attached hydrogens (tertiary/aromatic N) is 2. The second-order valence-corrected chi connectivity index (χ2v) is 6.76. The number of halogens is 1. The fourth-order valence-electron chi connectivity index (χ4n) is 2.66. The van der Waals surface area contributed by atoms with Crippen LogP contribution in [0.25, 0.3) is 11.0 Å². The normalized spacial score (nSPS) is 13.0. The predicted octanol–water partition coefficient (Wildman–Crippen LogP) is 2.90. The van der Waals surface area contributed by atoms with Gasteiger partial charge < -0.3 is 5.32 Å². The zero-order valence-corrected chi connectivity index (χ0v) is 13.6. The molecule has 21 heavy (non-hydrogen) atoms. The van der Waals surface area contributed by atoms with E-state index in [1.54, 1.807) is 34.6 Å². The summed E-state index contributed by atoms with van der Waals surface area (Å²) in [7, 11) is 5.51. The van der Waals surface area contributed by atoms with Crippen molar-refractivity contribution in [3.8, 4) is 0 Å². The number of imidazole rings is 1. The Labute approximate surface area is 131 Å². The number of aryl methyl sites for hydroxylation is 2. The summed E-state index contributed by atoms with van der Waals surface area (Å²) in [6.07, 6.45) is 0. The molecule has 0 fully saturated rings. The van der Waals surface area contributed by atoms with Gasteiger partial charge in [-0.3, -0.25) is 9.13 Å². The summed E-state index contributed by atoms with van der Waals surface area (Å²) < 4.78 is 4.11. The molecule has 0 spiro atoms. The molecule has 0 aliphatic heterocycles. The highest BCUT2D eigenvalue weighted by Gasteiger charge is 2.16. The van der Waals surface area contributed by atoms with Crippen LogP contribution in [0.2, 0.25) is 4.34 Å². The van der Waals surface area contributed by atoms with Crippen LogP contribution in [0.4, 0.5) is 0 Å². The van der Waals surface area contributed by atoms with Crippen LogP contribution in [0, 0.1) is 0 Å². The first kappa shape index (κ1) is 14.4. The first-order valence-electron chi connectivity index (χ1n) is 6.60. The van der Waals surface area contributed by atoms with Crippen LogP contribution in [0.5, 0.6) is 0 Å². The summed E-state index contributed by atoms with van der Waals surface area (Å²) in [4.78, 5) is 13.2. The van der Waals surface area contributed by atoms with Gasteiger partial charge in [0.2, 0.25) is 0 Å². The highest BCUT2D eigenvalue weighted by molar-refractivity contribution is 7.16. The number of fused-ring (bicyclic) bond motifs is 1. The van der Waals surface area contributed by atoms with Gasteiger partial charge in [-0.2, -0.15) is 0 Å². The molecule has 3 rings (SSSR count). The molecule has 0 amide bonds. The van der Waals surface area contributed by atoms with Crippen molar-refractivity contribution in [2.24, 2.45) is 14.1 Å². The third-order valence-electron chi connectivity index (χ3n) is 3.80. The quantitative estimate of drug-likeness (QED) is 0.805. The summed E-state index contributed by atoms with van der Waals surface area (Å²) in [5, 5.41) is 3.31. The molecule has 2 heterocycles. The summed E-state index contributed by atoms with van der Waals surface area (Å²) in [6.45, 7) is 0. The number of rotatable bonds is 3. The average Bonchev–Trinajstić information content (AvgIpc) is 2.99. The van der Waals surface area contributed by atoms with Gasteiger partial charge in [0, 0.05) is 19.0 Å². The lowest BCUT2D eigenvalue weighted by molar-refractivity contribution is 0.704. The maximum absolute atomic E-state index is 12.0. The maximum atomic E-state index is 12.0. The van der Waals surface area contributed by atoms with E-state index in [9.17, 15) is 4.79 Å². The van der Waals surface area contributed by atoms with Gasteiger partial charge in [0.15, 0.2) is 0 Å². The van der Waals surface area contributed by atoms with E-state index < -0.39 is 0 Å². The number of nitrogens with one attached hydrogen (secondary N) is 1. The number of aromatic nitrogens is 2. The lowest BCUT2D eigenvalue weighted by Gasteiger charge is -2.15. The molecule has 6 heteroatoms. The predicted molar refractivity (Wildman–Crippen MR) is 88.4 cm³/mol. The van der Waals surface area contributed by atoms with Crippen molar-refractivity contribution >= 4 is 34.0 Å². The van der Waals surface area contributed by atoms with Gasteiger partial charge in [-0.25, -0.2) is 4.79 Å². The molecule has 0 aliphatic carbocycles. The Morgan fingerprint density at radius 3 is 2.48 bits per heavy atom. The molecule has 0 radical (unpaired) electrons. The van der Waals surface area contributed by atoms with Gasteiger partial charge in [0.1, 0.15) is 0 Å². The molecule has 2 aromatic heterocycles. The van der Waals surface area contributed by atoms with Crippen molar-refractivity contribution < 1.29 is 0 Å². The molecule has 1 aromatic carbocycles. The number of benzene rings is 1. The molecule has 110 valence electrons. The standard InChI is InChI=1S/C15H16ClN3OS/c1-17-14(12-6-7-13(16)21-12)9-4-5-10-11(8-9)19(3)15(20)18(10)2/h4-8,14,17H,1-3H3. The minimum absolute atomic E-state index is 0.0117. The first-order chi connectivity index (χ1) is 10.0. The van der Waals surface area contributed by atoms with Crippen LogP contribution in [0.3, 0.4) is 0 Å². The van der Waals surface area contributed by atoms with Crippen LogP contribution in [0.15, 0.2) is 35.1 Å². The monoisotopic (exact) mass is 321 g/mol. The third-order valence-corrected chi connectivity index (χ3v) is 5.09. The van der Waals surface area contributed by atoms with E-state index in [4.69, 9.17) is 11.6 Å². The molecule has 0 bridgehead atoms. The molecule has 0 saturated heterocycles. The number of hydrogen-bond acceptors (Lipinski definition) is 3. The van der Waals surface area contributed by atoms with E-state index in [0.29, 0.717) is 0 Å². The van der Waals surface area contributed by atoms with Crippen LogP contribution >= 0.6 is 22.9 Å². The molecule has 0 saturated carbocycles. The SMILES string of the molecule is CNC(c1ccc2c(c1)n(C)c(=O)n2C)c1ccc(Cl)s1. The Hall–Kier alpha value is -1.56. The molecule has 1 unspecified atom stereocenters. The number of hydrogen-bond donors (Lipinski definition) is 1. The van der Waals surface area contributed by atoms with Gasteiger partial charge in [-0.15, -0.1) is 11.3 Å². The van der Waals surface area contributed by atoms with Crippen LogP contribution in [-0.4, -0.2) is 16.2 Å². The highest BCUT2D eigenvalue weighted by atomic mass is 35.5. The van der Waals surface area contributed by atoms with Crippen molar-refractivity contribution in [3.63, 3.8) is 0 Å². The summed E-state index contributed by atoms with van der Waals surface area (Å²) in [5.74, 6) is 0. The van der Waals surface area contributed by atoms with Crippen LogP contribution in [-0.2, 0) is 14.1 Å². The fraction of sp³-hybridized carbons (Fsp3) is 0.267. The Morgan fingerprint density at radius 1 is 1.14 bits per heavy atom. The van der Waals surface area contributed by atoms with E-state index in [1.165, 1.54) is 0 Å². The third kappa shape index (κ3) is 2.31. The largest absolute Gasteiger partial charge is 0.328 e. The van der Waals surface area contributed by atoms with Gasteiger partial charge in [0.25, 0.3) is 0 Å². The fourth-order valence-corrected chi connectivity index (χ4v) is 3.86. The van der Waals surface area contributed by atoms with E-state index in [0.717, 1.165) is 25.8 Å². The van der Waals surface area contributed by atoms with Crippen molar-refractivity contribution in [1.82, 2.24) is 14.5 Å². The molecule has 4 nitrogen and oxygen atoms in total. The summed E-state index contributed by atoms with van der Waals surface area (Å²) in [6, 6.07) is 10.1. The van der Waals surface area contributed by atoms with Gasteiger partial charge in [0.05, 0.1) is 21.4 Å². The lowest BCUT2D eigenvalue weighted by Crippen LogP contribution is -2.19. The second-order valence-electron chi connectivity index (χ2n) is 5.01. The molecule has 1 N–H and O–H groups in total. The van der Waals surface area contributed by atoms with Crippen molar-refractivity contribution in [2.75, 3.05) is 7.05 Å². The Morgan fingerprint density at radius 2 is 1.86 bits per heavy atom. The molecular formula is C15H16ClN3OS. The summed E-state index contributed by atoms with van der Waals surface area (Å²) in [5.41, 5.74) is 2.97. The van der Waals surface area contributed by atoms with Gasteiger partial charge in [-0.1, -0.05) is 17.7 Å². The second kappa shape index (κ2) is 5.33. The molecule has 3 aromatic rings. The molecular weight excluding hydrogens is 306 g/mol. The molecule has 1 atom stereocenters. The smallest absolute Gasteiger partial charge is 0.309 e. The maximum Gasteiger partial charge on any atom is 0.328 e. The zero-order valence-electron chi connectivity index (χ0n) is 12.1. The van der Waals surface area contributed by atoms with E-state index in [-0.39, 0.29) is 11.7 Å². The van der Waals surface area contributed by atoms with Crippen LogP contribution < -0.4 is 11.0 Å². The van der Waals surface area contributed by atoms with Gasteiger partial charge in [-0.05, 0) is 36.9 Å². The van der Waals surface area contributed by atoms with Crippen LogP contribution in [0.1, 0.15) is 16.5 Å². The van der Waals surface area contributed by atoms with E-state index in [2.05, 4.69) is 17.4 Å². The van der Waals surface area contributed by atoms with Crippen molar-refractivity contribution in [3.05, 3.63) is 55.6 Å². The van der Waals surface area contributed by atoms with Crippen molar-refractivity contribution in [2.45, 2.75) is 6.04 Å². The Kier molecular flexibility index (Phi) is 3.65. The minimum atomic E-state index is -0.0117. The average molecular weight is 322 g/mol. The first-order valence-corrected chi connectivity index (χ1v) is 7.80.